The normalized spacial score (nSPS) is 17.0. The maximum absolute atomic E-state index is 13.4. The van der Waals surface area contributed by atoms with E-state index in [0.29, 0.717) is 13.0 Å². The van der Waals surface area contributed by atoms with Gasteiger partial charge in [-0.2, -0.15) is 0 Å². The Labute approximate surface area is 132 Å². The lowest BCUT2D eigenvalue weighted by molar-refractivity contribution is 0.0376. The van der Waals surface area contributed by atoms with E-state index in [1.54, 1.807) is 0 Å². The molecule has 1 saturated heterocycles. The van der Waals surface area contributed by atoms with Crippen molar-refractivity contribution in [2.75, 3.05) is 39.4 Å². The van der Waals surface area contributed by atoms with Crippen molar-refractivity contribution in [1.29, 1.82) is 0 Å². The molecule has 1 fully saturated rings. The van der Waals surface area contributed by atoms with Gasteiger partial charge in [-0.15, -0.1) is 0 Å². The summed E-state index contributed by atoms with van der Waals surface area (Å²) in [7, 11) is -3.66. The average molecular weight is 381 g/mol. The molecule has 0 bridgehead atoms. The zero-order chi connectivity index (χ0) is 15.3. The van der Waals surface area contributed by atoms with Gasteiger partial charge in [-0.1, -0.05) is 0 Å². The van der Waals surface area contributed by atoms with Crippen LogP contribution in [0.25, 0.3) is 0 Å². The fourth-order valence-corrected chi connectivity index (χ4v) is 3.39. The number of nitrogens with one attached hydrogen (secondary N) is 1. The van der Waals surface area contributed by atoms with Gasteiger partial charge in [-0.25, -0.2) is 17.5 Å². The summed E-state index contributed by atoms with van der Waals surface area (Å²) >= 11 is 3.00. The number of nitrogens with zero attached hydrogens (tertiary/aromatic N) is 1. The Morgan fingerprint density at radius 3 is 2.71 bits per heavy atom. The first-order chi connectivity index (χ1) is 9.99. The molecule has 8 heteroatoms. The van der Waals surface area contributed by atoms with Crippen molar-refractivity contribution in [1.82, 2.24) is 9.62 Å². The van der Waals surface area contributed by atoms with Gasteiger partial charge in [0, 0.05) is 19.6 Å². The zero-order valence-electron chi connectivity index (χ0n) is 11.5. The number of hydrogen-bond donors (Lipinski definition) is 1. The van der Waals surface area contributed by atoms with Gasteiger partial charge in [0.25, 0.3) is 0 Å². The van der Waals surface area contributed by atoms with Crippen molar-refractivity contribution >= 4 is 26.0 Å². The number of ether oxygens (including phenoxy) is 1. The van der Waals surface area contributed by atoms with Crippen molar-refractivity contribution in [2.24, 2.45) is 0 Å². The first-order valence-electron chi connectivity index (χ1n) is 6.74. The van der Waals surface area contributed by atoms with Crippen LogP contribution in [0.2, 0.25) is 0 Å². The summed E-state index contributed by atoms with van der Waals surface area (Å²) in [6.07, 6.45) is 0.707. The van der Waals surface area contributed by atoms with Crippen LogP contribution in [0.3, 0.4) is 0 Å². The van der Waals surface area contributed by atoms with Crippen LogP contribution in [-0.2, 0) is 14.8 Å². The fourth-order valence-electron chi connectivity index (χ4n) is 2.06. The molecule has 1 aromatic carbocycles. The Morgan fingerprint density at radius 2 is 2.05 bits per heavy atom. The zero-order valence-corrected chi connectivity index (χ0v) is 13.9. The quantitative estimate of drug-likeness (QED) is 0.761. The molecule has 0 amide bonds. The molecular formula is C13H18BrFN2O3S. The van der Waals surface area contributed by atoms with Crippen LogP contribution < -0.4 is 4.72 Å². The average Bonchev–Trinajstić information content (AvgIpc) is 2.47. The molecule has 0 unspecified atom stereocenters. The molecule has 0 radical (unpaired) electrons. The van der Waals surface area contributed by atoms with Gasteiger partial charge in [0.1, 0.15) is 5.82 Å². The van der Waals surface area contributed by atoms with Crippen molar-refractivity contribution in [3.8, 4) is 0 Å². The Morgan fingerprint density at radius 1 is 1.33 bits per heavy atom. The number of benzene rings is 1. The van der Waals surface area contributed by atoms with E-state index in [1.807, 2.05) is 0 Å². The van der Waals surface area contributed by atoms with Crippen LogP contribution in [0.15, 0.2) is 27.6 Å². The van der Waals surface area contributed by atoms with E-state index >= 15 is 0 Å². The van der Waals surface area contributed by atoms with Crippen LogP contribution >= 0.6 is 15.9 Å². The largest absolute Gasteiger partial charge is 0.379 e. The lowest BCUT2D eigenvalue weighted by Gasteiger charge is -2.26. The number of morpholine rings is 1. The molecular weight excluding hydrogens is 363 g/mol. The molecule has 118 valence electrons. The monoisotopic (exact) mass is 380 g/mol. The highest BCUT2D eigenvalue weighted by Crippen LogP contribution is 2.19. The molecule has 1 N–H and O–H groups in total. The Hall–Kier alpha value is -0.540. The third-order valence-electron chi connectivity index (χ3n) is 3.25. The molecule has 0 aromatic heterocycles. The lowest BCUT2D eigenvalue weighted by Crippen LogP contribution is -2.38. The van der Waals surface area contributed by atoms with Gasteiger partial charge in [0.15, 0.2) is 0 Å². The second kappa shape index (κ2) is 7.64. The van der Waals surface area contributed by atoms with Crippen molar-refractivity contribution in [3.05, 3.63) is 28.5 Å². The van der Waals surface area contributed by atoms with E-state index < -0.39 is 15.8 Å². The van der Waals surface area contributed by atoms with Gasteiger partial charge in [0.05, 0.1) is 22.6 Å². The van der Waals surface area contributed by atoms with Gasteiger partial charge in [-0.3, -0.25) is 4.90 Å². The van der Waals surface area contributed by atoms with E-state index in [0.717, 1.165) is 38.9 Å². The van der Waals surface area contributed by atoms with E-state index in [-0.39, 0.29) is 9.37 Å². The molecule has 0 atom stereocenters. The minimum atomic E-state index is -3.66. The minimum absolute atomic E-state index is 0.0606. The Bertz CT molecular complexity index is 577. The minimum Gasteiger partial charge on any atom is -0.379 e. The summed E-state index contributed by atoms with van der Waals surface area (Å²) in [5, 5.41) is 0. The van der Waals surface area contributed by atoms with Crippen LogP contribution in [0.1, 0.15) is 6.42 Å². The summed E-state index contributed by atoms with van der Waals surface area (Å²) < 4.78 is 45.4. The van der Waals surface area contributed by atoms with Crippen molar-refractivity contribution in [3.63, 3.8) is 0 Å². The second-order valence-corrected chi connectivity index (χ2v) is 7.40. The highest BCUT2D eigenvalue weighted by molar-refractivity contribution is 9.10. The van der Waals surface area contributed by atoms with Gasteiger partial charge >= 0.3 is 0 Å². The highest BCUT2D eigenvalue weighted by atomic mass is 79.9. The molecule has 1 heterocycles. The standard InChI is InChI=1S/C13H18BrFN2O3S/c14-12-3-2-11(10-13(12)15)21(18,19)16-4-1-5-17-6-8-20-9-7-17/h2-3,10,16H,1,4-9H2. The number of halogens is 2. The number of rotatable bonds is 6. The Balaban J connectivity index is 1.82. The van der Waals surface area contributed by atoms with Crippen molar-refractivity contribution < 1.29 is 17.5 Å². The summed E-state index contributed by atoms with van der Waals surface area (Å²) in [5.74, 6) is -0.591. The molecule has 1 aromatic rings. The molecule has 1 aliphatic rings. The molecule has 5 nitrogen and oxygen atoms in total. The lowest BCUT2D eigenvalue weighted by atomic mass is 10.3. The summed E-state index contributed by atoms with van der Waals surface area (Å²) in [6.45, 7) is 4.36. The first-order valence-corrected chi connectivity index (χ1v) is 9.01. The molecule has 0 saturated carbocycles. The van der Waals surface area contributed by atoms with Gasteiger partial charge in [0.2, 0.25) is 10.0 Å². The fraction of sp³-hybridized carbons (Fsp3) is 0.538. The smallest absolute Gasteiger partial charge is 0.240 e. The molecule has 0 spiro atoms. The van der Waals surface area contributed by atoms with E-state index in [1.165, 1.54) is 12.1 Å². The highest BCUT2D eigenvalue weighted by Gasteiger charge is 2.16. The predicted octanol–water partition coefficient (Wildman–Crippen LogP) is 1.59. The van der Waals surface area contributed by atoms with Gasteiger partial charge < -0.3 is 4.74 Å². The number of hydrogen-bond acceptors (Lipinski definition) is 4. The third-order valence-corrected chi connectivity index (χ3v) is 5.35. The van der Waals surface area contributed by atoms with Crippen LogP contribution in [0.5, 0.6) is 0 Å². The first kappa shape index (κ1) is 16.8. The predicted molar refractivity (Wildman–Crippen MR) is 81.2 cm³/mol. The summed E-state index contributed by atoms with van der Waals surface area (Å²) in [6, 6.07) is 3.77. The molecule has 2 rings (SSSR count). The van der Waals surface area contributed by atoms with E-state index in [4.69, 9.17) is 4.74 Å². The van der Waals surface area contributed by atoms with Crippen molar-refractivity contribution in [2.45, 2.75) is 11.3 Å². The topological polar surface area (TPSA) is 58.6 Å². The summed E-state index contributed by atoms with van der Waals surface area (Å²) in [4.78, 5) is 2.17. The molecule has 0 aliphatic carbocycles. The third kappa shape index (κ3) is 5.00. The number of sulfonamides is 1. The van der Waals surface area contributed by atoms with Gasteiger partial charge in [-0.05, 0) is 47.1 Å². The molecule has 21 heavy (non-hydrogen) atoms. The maximum Gasteiger partial charge on any atom is 0.240 e. The SMILES string of the molecule is O=S(=O)(NCCCN1CCOCC1)c1ccc(Br)c(F)c1. The maximum atomic E-state index is 13.4. The van der Waals surface area contributed by atoms with E-state index in [9.17, 15) is 12.8 Å². The van der Waals surface area contributed by atoms with Crippen LogP contribution in [-0.4, -0.2) is 52.7 Å². The van der Waals surface area contributed by atoms with E-state index in [2.05, 4.69) is 25.6 Å². The summed E-state index contributed by atoms with van der Waals surface area (Å²) in [5.41, 5.74) is 0. The molecule has 1 aliphatic heterocycles. The Kier molecular flexibility index (Phi) is 6.12. The second-order valence-electron chi connectivity index (χ2n) is 4.78. The van der Waals surface area contributed by atoms with Crippen LogP contribution in [0.4, 0.5) is 4.39 Å². The van der Waals surface area contributed by atoms with Crippen LogP contribution in [0, 0.1) is 5.82 Å².